The van der Waals surface area contributed by atoms with Crippen LogP contribution in [0.5, 0.6) is 0 Å². The van der Waals surface area contributed by atoms with Crippen LogP contribution in [0.25, 0.3) is 0 Å². The van der Waals surface area contributed by atoms with E-state index in [0.29, 0.717) is 36.8 Å². The maximum atomic E-state index is 12.7. The van der Waals surface area contributed by atoms with Gasteiger partial charge >= 0.3 is 0 Å². The first-order valence-corrected chi connectivity index (χ1v) is 13.4. The zero-order valence-electron chi connectivity index (χ0n) is 21.8. The molecule has 2 saturated heterocycles. The summed E-state index contributed by atoms with van der Waals surface area (Å²) in [7, 11) is 0. The average molecular weight is 539 g/mol. The zero-order valence-corrected chi connectivity index (χ0v) is 22.6. The molecule has 2 aliphatic rings. The average Bonchev–Trinajstić information content (AvgIpc) is 3.43. The van der Waals surface area contributed by atoms with Crippen LogP contribution in [0.15, 0.2) is 42.5 Å². The lowest BCUT2D eigenvalue weighted by Gasteiger charge is -2.36. The summed E-state index contributed by atoms with van der Waals surface area (Å²) in [6, 6.07) is 12.2. The number of hydrogen-bond donors (Lipinski definition) is 2. The number of hydrogen-bond acceptors (Lipinski definition) is 7. The Morgan fingerprint density at radius 1 is 0.974 bits per heavy atom. The van der Waals surface area contributed by atoms with Crippen LogP contribution in [-0.2, 0) is 4.79 Å². The molecule has 2 fully saturated rings. The Morgan fingerprint density at radius 3 is 2.24 bits per heavy atom. The highest BCUT2D eigenvalue weighted by molar-refractivity contribution is 7.80. The lowest BCUT2D eigenvalue weighted by molar-refractivity contribution is -0.384. The Morgan fingerprint density at radius 2 is 1.63 bits per heavy atom. The second-order valence-electron chi connectivity index (χ2n) is 10.1. The summed E-state index contributed by atoms with van der Waals surface area (Å²) >= 11 is 5.30. The van der Waals surface area contributed by atoms with E-state index < -0.39 is 10.8 Å². The molecular weight excluding hydrogens is 504 g/mol. The van der Waals surface area contributed by atoms with Gasteiger partial charge in [0.25, 0.3) is 11.6 Å². The molecular formula is C27H34N6O4S. The summed E-state index contributed by atoms with van der Waals surface area (Å²) in [6.07, 6.45) is 2.57. The van der Waals surface area contributed by atoms with Crippen LogP contribution in [0, 0.1) is 16.0 Å². The first-order chi connectivity index (χ1) is 18.2. The van der Waals surface area contributed by atoms with Gasteiger partial charge in [-0.15, -0.1) is 0 Å². The molecule has 2 aromatic carbocycles. The van der Waals surface area contributed by atoms with E-state index in [1.807, 2.05) is 34.1 Å². The van der Waals surface area contributed by atoms with E-state index in [-0.39, 0.29) is 22.3 Å². The van der Waals surface area contributed by atoms with Crippen molar-refractivity contribution in [2.45, 2.75) is 33.1 Å². The molecule has 10 nitrogen and oxygen atoms in total. The van der Waals surface area contributed by atoms with E-state index in [9.17, 15) is 19.7 Å². The molecule has 2 aromatic rings. The predicted octanol–water partition coefficient (Wildman–Crippen LogP) is 4.02. The number of nitro groups is 1. The van der Waals surface area contributed by atoms with Gasteiger partial charge in [-0.05, 0) is 67.4 Å². The van der Waals surface area contributed by atoms with Gasteiger partial charge in [-0.3, -0.25) is 25.0 Å². The van der Waals surface area contributed by atoms with Crippen molar-refractivity contribution < 1.29 is 14.5 Å². The third-order valence-electron chi connectivity index (χ3n) is 6.81. The van der Waals surface area contributed by atoms with Crippen LogP contribution < -0.4 is 20.4 Å². The second kappa shape index (κ2) is 12.2. The van der Waals surface area contributed by atoms with E-state index in [1.54, 1.807) is 12.1 Å². The SMILES string of the molecule is CC(C)CC(=O)N1CCN(c2ccc(NC(=S)NC(=O)c3ccc(N4CCCC4)c([N+](=O)[O-])c3)cc2)CC1. The molecule has 4 rings (SSSR count). The first-order valence-electron chi connectivity index (χ1n) is 13.0. The Kier molecular flexibility index (Phi) is 8.77. The molecule has 2 heterocycles. The van der Waals surface area contributed by atoms with Crippen molar-refractivity contribution in [3.63, 3.8) is 0 Å². The van der Waals surface area contributed by atoms with Gasteiger partial charge in [-0.1, -0.05) is 13.8 Å². The Bertz CT molecular complexity index is 1190. The normalized spacial score (nSPS) is 15.5. The van der Waals surface area contributed by atoms with Gasteiger partial charge in [0.1, 0.15) is 5.69 Å². The minimum atomic E-state index is -0.514. The van der Waals surface area contributed by atoms with Gasteiger partial charge in [0.2, 0.25) is 5.91 Å². The van der Waals surface area contributed by atoms with Gasteiger partial charge < -0.3 is 20.0 Å². The molecule has 0 aromatic heterocycles. The Hall–Kier alpha value is -3.73. The zero-order chi connectivity index (χ0) is 27.2. The third-order valence-corrected chi connectivity index (χ3v) is 7.02. The molecule has 0 saturated carbocycles. The van der Waals surface area contributed by atoms with Crippen molar-refractivity contribution in [2.75, 3.05) is 54.4 Å². The molecule has 0 atom stereocenters. The maximum Gasteiger partial charge on any atom is 0.293 e. The number of carbonyl (C=O) groups is 2. The lowest BCUT2D eigenvalue weighted by atomic mass is 10.1. The Balaban J connectivity index is 1.30. The number of piperazine rings is 1. The van der Waals surface area contributed by atoms with E-state index in [0.717, 1.165) is 44.7 Å². The minimum absolute atomic E-state index is 0.0841. The highest BCUT2D eigenvalue weighted by Gasteiger charge is 2.24. The third kappa shape index (κ3) is 6.77. The molecule has 0 bridgehead atoms. The van der Waals surface area contributed by atoms with Crippen LogP contribution >= 0.6 is 12.2 Å². The number of nitrogens with one attached hydrogen (secondary N) is 2. The number of rotatable bonds is 7. The molecule has 2 amide bonds. The van der Waals surface area contributed by atoms with E-state index in [4.69, 9.17) is 12.2 Å². The van der Waals surface area contributed by atoms with Crippen molar-refractivity contribution in [2.24, 2.45) is 5.92 Å². The summed E-state index contributed by atoms with van der Waals surface area (Å²) in [6.45, 7) is 8.61. The number of thiocarbonyl (C=S) groups is 1. The van der Waals surface area contributed by atoms with Crippen molar-refractivity contribution in [3.8, 4) is 0 Å². The maximum absolute atomic E-state index is 12.7. The molecule has 0 unspecified atom stereocenters. The minimum Gasteiger partial charge on any atom is -0.368 e. The monoisotopic (exact) mass is 538 g/mol. The quantitative estimate of drug-likeness (QED) is 0.309. The number of nitro benzene ring substituents is 1. The summed E-state index contributed by atoms with van der Waals surface area (Å²) in [5, 5.41) is 17.3. The standard InChI is InChI=1S/C27H34N6O4S/c1-19(2)17-25(34)32-15-13-30(14-16-32)22-8-6-21(7-9-22)28-27(38)29-26(35)20-5-10-23(24(18-20)33(36)37)31-11-3-4-12-31/h5-10,18-19H,3-4,11-17H2,1-2H3,(H2,28,29,35,38). The lowest BCUT2D eigenvalue weighted by Crippen LogP contribution is -2.49. The fraction of sp³-hybridized carbons (Fsp3) is 0.444. The molecule has 0 spiro atoms. The highest BCUT2D eigenvalue weighted by Crippen LogP contribution is 2.31. The van der Waals surface area contributed by atoms with E-state index in [2.05, 4.69) is 29.4 Å². The molecule has 0 radical (unpaired) electrons. The van der Waals surface area contributed by atoms with Gasteiger partial charge in [-0.25, -0.2) is 0 Å². The first kappa shape index (κ1) is 27.3. The molecule has 2 aliphatic heterocycles. The number of anilines is 3. The van der Waals surface area contributed by atoms with Crippen molar-refractivity contribution in [3.05, 3.63) is 58.1 Å². The highest BCUT2D eigenvalue weighted by atomic mass is 32.1. The fourth-order valence-corrected chi connectivity index (χ4v) is 5.03. The van der Waals surface area contributed by atoms with Crippen molar-refractivity contribution in [1.82, 2.24) is 10.2 Å². The topological polar surface area (TPSA) is 111 Å². The van der Waals surface area contributed by atoms with Crippen molar-refractivity contribution in [1.29, 1.82) is 0 Å². The van der Waals surface area contributed by atoms with Gasteiger partial charge in [0, 0.05) is 68.7 Å². The van der Waals surface area contributed by atoms with Crippen molar-refractivity contribution >= 4 is 51.9 Å². The van der Waals surface area contributed by atoms with Gasteiger partial charge in [-0.2, -0.15) is 0 Å². The van der Waals surface area contributed by atoms with Gasteiger partial charge in [0.15, 0.2) is 5.11 Å². The van der Waals surface area contributed by atoms with Gasteiger partial charge in [0.05, 0.1) is 4.92 Å². The summed E-state index contributed by atoms with van der Waals surface area (Å²) in [5.74, 6) is 0.0576. The summed E-state index contributed by atoms with van der Waals surface area (Å²) in [4.78, 5) is 42.4. The van der Waals surface area contributed by atoms with E-state index >= 15 is 0 Å². The summed E-state index contributed by atoms with van der Waals surface area (Å²) in [5.41, 5.74) is 2.38. The van der Waals surface area contributed by atoms with E-state index in [1.165, 1.54) is 6.07 Å². The van der Waals surface area contributed by atoms with Crippen LogP contribution in [-0.4, -0.2) is 66.0 Å². The van der Waals surface area contributed by atoms with Crippen LogP contribution in [0.4, 0.5) is 22.7 Å². The molecule has 11 heteroatoms. The fourth-order valence-electron chi connectivity index (χ4n) is 4.82. The van der Waals surface area contributed by atoms with Crippen LogP contribution in [0.3, 0.4) is 0 Å². The Labute approximate surface area is 228 Å². The number of nitrogens with zero attached hydrogens (tertiary/aromatic N) is 4. The molecule has 0 aliphatic carbocycles. The molecule has 38 heavy (non-hydrogen) atoms. The predicted molar refractivity (Wildman–Crippen MR) is 153 cm³/mol. The largest absolute Gasteiger partial charge is 0.368 e. The van der Waals surface area contributed by atoms with Crippen LogP contribution in [0.2, 0.25) is 0 Å². The van der Waals surface area contributed by atoms with Crippen LogP contribution in [0.1, 0.15) is 43.5 Å². The molecule has 202 valence electrons. The molecule has 2 N–H and O–H groups in total. The number of amides is 2. The summed E-state index contributed by atoms with van der Waals surface area (Å²) < 4.78 is 0. The number of benzene rings is 2. The smallest absolute Gasteiger partial charge is 0.293 e. The number of carbonyl (C=O) groups excluding carboxylic acids is 2. The second-order valence-corrected chi connectivity index (χ2v) is 10.5.